The van der Waals surface area contributed by atoms with Crippen molar-refractivity contribution in [3.63, 3.8) is 0 Å². The van der Waals surface area contributed by atoms with Crippen LogP contribution in [0.3, 0.4) is 0 Å². The first-order valence-corrected chi connectivity index (χ1v) is 9.07. The lowest BCUT2D eigenvalue weighted by molar-refractivity contribution is 0.516. The number of aromatic nitrogens is 2. The quantitative estimate of drug-likeness (QED) is 0.393. The van der Waals surface area contributed by atoms with Crippen LogP contribution in [0.25, 0.3) is 11.1 Å². The van der Waals surface area contributed by atoms with E-state index in [0.29, 0.717) is 0 Å². The first-order valence-electron chi connectivity index (χ1n) is 8.27. The minimum atomic E-state index is -0.427. The first kappa shape index (κ1) is 14.7. The van der Waals surface area contributed by atoms with E-state index in [2.05, 4.69) is 111 Å². The maximum absolute atomic E-state index is 4.46. The summed E-state index contributed by atoms with van der Waals surface area (Å²) >= 11 is 3.66. The summed E-state index contributed by atoms with van der Waals surface area (Å²) in [6, 6.07) is 28.0. The third kappa shape index (κ3) is 1.87. The molecule has 3 aromatic carbocycles. The van der Waals surface area contributed by atoms with Crippen molar-refractivity contribution in [2.24, 2.45) is 0 Å². The topological polar surface area (TPSA) is 17.8 Å². The van der Waals surface area contributed by atoms with Gasteiger partial charge in [0.05, 0.1) is 0 Å². The van der Waals surface area contributed by atoms with Crippen molar-refractivity contribution in [1.82, 2.24) is 9.55 Å². The average molecular weight is 387 g/mol. The molecule has 1 heterocycles. The van der Waals surface area contributed by atoms with Gasteiger partial charge in [0, 0.05) is 12.4 Å². The molecule has 1 aliphatic rings. The fraction of sp³-hybridized carbons (Fsp3) is 0.0455. The Morgan fingerprint density at radius 2 is 1.28 bits per heavy atom. The van der Waals surface area contributed by atoms with Gasteiger partial charge in [-0.2, -0.15) is 0 Å². The largest absolute Gasteiger partial charge is 0.307 e. The number of hydrogen-bond donors (Lipinski definition) is 0. The Morgan fingerprint density at radius 3 is 1.84 bits per heavy atom. The van der Waals surface area contributed by atoms with E-state index in [9.17, 15) is 0 Å². The van der Waals surface area contributed by atoms with Gasteiger partial charge in [-0.1, -0.05) is 78.9 Å². The van der Waals surface area contributed by atoms with E-state index >= 15 is 0 Å². The van der Waals surface area contributed by atoms with E-state index in [1.165, 1.54) is 27.8 Å². The first-order chi connectivity index (χ1) is 12.3. The zero-order chi connectivity index (χ0) is 16.9. The Hall–Kier alpha value is -2.65. The smallest absolute Gasteiger partial charge is 0.178 e. The summed E-state index contributed by atoms with van der Waals surface area (Å²) in [7, 11) is 0. The molecule has 0 saturated carbocycles. The maximum Gasteiger partial charge on any atom is 0.178 e. The number of rotatable bonds is 2. The molecule has 120 valence electrons. The molecule has 2 nitrogen and oxygen atoms in total. The van der Waals surface area contributed by atoms with E-state index < -0.39 is 5.54 Å². The Kier molecular flexibility index (Phi) is 3.19. The van der Waals surface area contributed by atoms with E-state index in [1.54, 1.807) is 0 Å². The van der Waals surface area contributed by atoms with E-state index in [0.717, 1.165) is 4.73 Å². The van der Waals surface area contributed by atoms with Gasteiger partial charge in [0.25, 0.3) is 0 Å². The summed E-state index contributed by atoms with van der Waals surface area (Å²) in [4.78, 5) is 4.46. The minimum Gasteiger partial charge on any atom is -0.307 e. The number of halogens is 1. The van der Waals surface area contributed by atoms with Crippen molar-refractivity contribution < 1.29 is 0 Å². The molecule has 0 saturated heterocycles. The molecular formula is C22H15BrN2. The minimum absolute atomic E-state index is 0.427. The molecule has 0 bridgehead atoms. The highest BCUT2D eigenvalue weighted by Crippen LogP contribution is 2.53. The van der Waals surface area contributed by atoms with Gasteiger partial charge >= 0.3 is 0 Å². The highest BCUT2D eigenvalue weighted by molar-refractivity contribution is 9.10. The molecular weight excluding hydrogens is 372 g/mol. The Bertz CT molecular complexity index is 1020. The second-order valence-corrected chi connectivity index (χ2v) is 6.94. The molecule has 1 aromatic heterocycles. The van der Waals surface area contributed by atoms with Crippen molar-refractivity contribution in [1.29, 1.82) is 0 Å². The van der Waals surface area contributed by atoms with Crippen LogP contribution in [-0.4, -0.2) is 9.55 Å². The second kappa shape index (κ2) is 5.43. The summed E-state index contributed by atoms with van der Waals surface area (Å²) in [5.74, 6) is 0. The molecule has 1 aliphatic carbocycles. The van der Waals surface area contributed by atoms with Crippen molar-refractivity contribution in [2.45, 2.75) is 5.54 Å². The van der Waals surface area contributed by atoms with Crippen molar-refractivity contribution in [3.8, 4) is 11.1 Å². The predicted molar refractivity (Wildman–Crippen MR) is 104 cm³/mol. The van der Waals surface area contributed by atoms with Crippen LogP contribution < -0.4 is 0 Å². The van der Waals surface area contributed by atoms with Crippen LogP contribution in [0.5, 0.6) is 0 Å². The molecule has 0 radical (unpaired) electrons. The molecule has 0 atom stereocenters. The van der Waals surface area contributed by atoms with E-state index in [-0.39, 0.29) is 0 Å². The van der Waals surface area contributed by atoms with Crippen molar-refractivity contribution in [2.75, 3.05) is 0 Å². The molecule has 25 heavy (non-hydrogen) atoms. The summed E-state index contributed by atoms with van der Waals surface area (Å²) in [5, 5.41) is 0. The zero-order valence-electron chi connectivity index (χ0n) is 13.4. The van der Waals surface area contributed by atoms with Gasteiger partial charge in [-0.3, -0.25) is 0 Å². The Balaban J connectivity index is 2.00. The van der Waals surface area contributed by atoms with Gasteiger partial charge in [0.15, 0.2) is 4.73 Å². The van der Waals surface area contributed by atoms with Gasteiger partial charge in [0.2, 0.25) is 0 Å². The summed E-state index contributed by atoms with van der Waals surface area (Å²) in [6.07, 6.45) is 3.90. The highest BCUT2D eigenvalue weighted by atomic mass is 79.9. The third-order valence-electron chi connectivity index (χ3n) is 5.07. The Labute approximate surface area is 154 Å². The number of imidazole rings is 1. The number of benzene rings is 3. The average Bonchev–Trinajstić information content (AvgIpc) is 3.22. The number of fused-ring (bicyclic) bond motifs is 3. The van der Waals surface area contributed by atoms with Gasteiger partial charge < -0.3 is 4.57 Å². The van der Waals surface area contributed by atoms with Crippen LogP contribution >= 0.6 is 15.9 Å². The molecule has 0 amide bonds. The lowest BCUT2D eigenvalue weighted by Crippen LogP contribution is -2.35. The van der Waals surface area contributed by atoms with Crippen LogP contribution in [0.4, 0.5) is 0 Å². The standard InChI is InChI=1S/C22H15BrN2/c23-21-24-14-15-25(21)22(16-8-2-1-3-9-16)19-12-6-4-10-17(19)18-11-5-7-13-20(18)22/h1-15H. The molecule has 0 spiro atoms. The maximum atomic E-state index is 4.46. The molecule has 5 rings (SSSR count). The second-order valence-electron chi connectivity index (χ2n) is 6.23. The Morgan fingerprint density at radius 1 is 0.720 bits per heavy atom. The van der Waals surface area contributed by atoms with Crippen LogP contribution in [0.15, 0.2) is 96.0 Å². The van der Waals surface area contributed by atoms with Crippen LogP contribution in [0.1, 0.15) is 16.7 Å². The summed E-state index contributed by atoms with van der Waals surface area (Å²) in [6.45, 7) is 0. The monoisotopic (exact) mass is 386 g/mol. The van der Waals surface area contributed by atoms with Gasteiger partial charge in [-0.15, -0.1) is 0 Å². The molecule has 3 heteroatoms. The molecule has 4 aromatic rings. The molecule has 0 N–H and O–H groups in total. The van der Waals surface area contributed by atoms with Crippen molar-refractivity contribution in [3.05, 3.63) is 113 Å². The van der Waals surface area contributed by atoms with Gasteiger partial charge in [-0.05, 0) is 43.7 Å². The van der Waals surface area contributed by atoms with Crippen molar-refractivity contribution >= 4 is 15.9 Å². The third-order valence-corrected chi connectivity index (χ3v) is 5.66. The zero-order valence-corrected chi connectivity index (χ0v) is 15.0. The van der Waals surface area contributed by atoms with Gasteiger partial charge in [-0.25, -0.2) is 4.98 Å². The SMILES string of the molecule is Brc1nccn1C1(c2ccccc2)c2ccccc2-c2ccccc21. The molecule has 0 unspecified atom stereocenters. The fourth-order valence-electron chi connectivity index (χ4n) is 4.14. The van der Waals surface area contributed by atoms with Crippen LogP contribution in [0, 0.1) is 0 Å². The summed E-state index contributed by atoms with van der Waals surface area (Å²) in [5.41, 5.74) is 5.92. The van der Waals surface area contributed by atoms with Crippen LogP contribution in [0.2, 0.25) is 0 Å². The van der Waals surface area contributed by atoms with Gasteiger partial charge in [0.1, 0.15) is 5.54 Å². The van der Waals surface area contributed by atoms with E-state index in [1.807, 2.05) is 6.20 Å². The highest BCUT2D eigenvalue weighted by Gasteiger charge is 2.46. The van der Waals surface area contributed by atoms with E-state index in [4.69, 9.17) is 0 Å². The summed E-state index contributed by atoms with van der Waals surface area (Å²) < 4.78 is 3.05. The normalized spacial score (nSPS) is 14.1. The number of nitrogens with zero attached hydrogens (tertiary/aromatic N) is 2. The van der Waals surface area contributed by atoms with Crippen LogP contribution in [-0.2, 0) is 5.54 Å². The lowest BCUT2D eigenvalue weighted by atomic mass is 9.80. The lowest BCUT2D eigenvalue weighted by Gasteiger charge is -2.35. The molecule has 0 fully saturated rings. The fourth-order valence-corrected chi connectivity index (χ4v) is 4.64. The molecule has 0 aliphatic heterocycles. The number of hydrogen-bond acceptors (Lipinski definition) is 1. The predicted octanol–water partition coefficient (Wildman–Crippen LogP) is 5.47.